The summed E-state index contributed by atoms with van der Waals surface area (Å²) in [5.74, 6) is -9.06. The third-order valence-electron chi connectivity index (χ3n) is 4.46. The van der Waals surface area contributed by atoms with Crippen molar-refractivity contribution in [2.45, 2.75) is 37.3 Å². The van der Waals surface area contributed by atoms with Crippen molar-refractivity contribution in [1.29, 1.82) is 0 Å². The standard InChI is InChI=1S/C18H13F7O4S/c19-14-10(5-7-12(16(14)21)28-9-3-1-2-4-9)11-6-8-13(17(22)15(11)20)29-30(26,27)18(23,24)25/h5-9H,1-4H2. The first kappa shape index (κ1) is 22.2. The minimum atomic E-state index is -6.26. The molecule has 0 aromatic heterocycles. The summed E-state index contributed by atoms with van der Waals surface area (Å²) >= 11 is 0. The minimum Gasteiger partial charge on any atom is -0.487 e. The van der Waals surface area contributed by atoms with E-state index in [0.29, 0.717) is 25.0 Å². The van der Waals surface area contributed by atoms with E-state index in [1.807, 2.05) is 0 Å². The summed E-state index contributed by atoms with van der Waals surface area (Å²) in [6, 6.07) is 2.85. The zero-order valence-corrected chi connectivity index (χ0v) is 15.7. The van der Waals surface area contributed by atoms with Crippen molar-refractivity contribution in [1.82, 2.24) is 0 Å². The Morgan fingerprint density at radius 2 is 1.23 bits per heavy atom. The summed E-state index contributed by atoms with van der Waals surface area (Å²) in [5.41, 5.74) is -7.47. The van der Waals surface area contributed by atoms with E-state index in [1.54, 1.807) is 0 Å². The molecule has 4 nitrogen and oxygen atoms in total. The molecule has 0 atom stereocenters. The molecule has 1 aliphatic carbocycles. The van der Waals surface area contributed by atoms with Crippen molar-refractivity contribution in [3.63, 3.8) is 0 Å². The summed E-state index contributed by atoms with van der Waals surface area (Å²) in [5, 5.41) is 0. The molecular formula is C18H13F7O4S. The highest BCUT2D eigenvalue weighted by molar-refractivity contribution is 7.88. The van der Waals surface area contributed by atoms with Gasteiger partial charge in [0.05, 0.1) is 6.10 Å². The predicted octanol–water partition coefficient (Wildman–Crippen LogP) is 5.46. The van der Waals surface area contributed by atoms with Crippen LogP contribution in [0.15, 0.2) is 24.3 Å². The molecule has 3 rings (SSSR count). The summed E-state index contributed by atoms with van der Waals surface area (Å²) in [6.45, 7) is 0. The molecule has 2 aromatic rings. The van der Waals surface area contributed by atoms with Crippen molar-refractivity contribution >= 4 is 10.1 Å². The van der Waals surface area contributed by atoms with Crippen molar-refractivity contribution in [2.24, 2.45) is 0 Å². The molecule has 1 saturated carbocycles. The first-order valence-corrected chi connectivity index (χ1v) is 9.97. The van der Waals surface area contributed by atoms with E-state index in [4.69, 9.17) is 4.74 Å². The number of ether oxygens (including phenoxy) is 1. The molecular weight excluding hydrogens is 445 g/mol. The largest absolute Gasteiger partial charge is 0.534 e. The Balaban J connectivity index is 1.95. The highest BCUT2D eigenvalue weighted by Gasteiger charge is 2.49. The van der Waals surface area contributed by atoms with E-state index in [2.05, 4.69) is 4.18 Å². The maximum atomic E-state index is 14.4. The molecule has 1 fully saturated rings. The molecule has 0 bridgehead atoms. The number of alkyl halides is 3. The Labute approximate surface area is 166 Å². The van der Waals surface area contributed by atoms with Gasteiger partial charge in [-0.05, 0) is 49.9 Å². The normalized spacial score (nSPS) is 15.4. The van der Waals surface area contributed by atoms with Crippen LogP contribution in [0.5, 0.6) is 11.5 Å². The fraction of sp³-hybridized carbons (Fsp3) is 0.333. The molecule has 164 valence electrons. The second kappa shape index (κ2) is 7.97. The number of halogens is 7. The first-order chi connectivity index (χ1) is 13.9. The number of rotatable bonds is 5. The quantitative estimate of drug-likeness (QED) is 0.339. The summed E-state index contributed by atoms with van der Waals surface area (Å²) in [4.78, 5) is 0. The van der Waals surface area contributed by atoms with Gasteiger partial charge in [-0.15, -0.1) is 0 Å². The summed E-state index contributed by atoms with van der Waals surface area (Å²) in [6.07, 6.45) is 2.76. The van der Waals surface area contributed by atoms with Crippen LogP contribution in [-0.4, -0.2) is 20.0 Å². The summed E-state index contributed by atoms with van der Waals surface area (Å²) < 4.78 is 125. The van der Waals surface area contributed by atoms with Crippen LogP contribution >= 0.6 is 0 Å². The van der Waals surface area contributed by atoms with Crippen molar-refractivity contribution < 1.29 is 48.1 Å². The van der Waals surface area contributed by atoms with Gasteiger partial charge in [-0.3, -0.25) is 0 Å². The van der Waals surface area contributed by atoms with Gasteiger partial charge in [0.2, 0.25) is 11.6 Å². The van der Waals surface area contributed by atoms with Gasteiger partial charge in [0.15, 0.2) is 23.1 Å². The van der Waals surface area contributed by atoms with Crippen LogP contribution in [0.2, 0.25) is 0 Å². The minimum absolute atomic E-state index is 0.300. The molecule has 1 aliphatic rings. The van der Waals surface area contributed by atoms with Crippen molar-refractivity contribution in [3.05, 3.63) is 47.5 Å². The Kier molecular flexibility index (Phi) is 5.89. The van der Waals surface area contributed by atoms with Gasteiger partial charge >= 0.3 is 15.6 Å². The van der Waals surface area contributed by atoms with E-state index in [1.165, 1.54) is 0 Å². The molecule has 0 radical (unpaired) electrons. The lowest BCUT2D eigenvalue weighted by atomic mass is 10.0. The van der Waals surface area contributed by atoms with Crippen LogP contribution in [0.3, 0.4) is 0 Å². The van der Waals surface area contributed by atoms with Crippen LogP contribution in [0.4, 0.5) is 30.7 Å². The van der Waals surface area contributed by atoms with Crippen molar-refractivity contribution in [3.8, 4) is 22.6 Å². The Hall–Kier alpha value is -2.50. The van der Waals surface area contributed by atoms with E-state index < -0.39 is 61.5 Å². The topological polar surface area (TPSA) is 52.6 Å². The van der Waals surface area contributed by atoms with Gasteiger partial charge in [0.25, 0.3) is 0 Å². The second-order valence-corrected chi connectivity index (χ2v) is 8.02. The SMILES string of the molecule is O=S(=O)(Oc1ccc(-c2ccc(OC3CCCC3)c(F)c2F)c(F)c1F)C(F)(F)F. The third-order valence-corrected chi connectivity index (χ3v) is 5.43. The number of benzene rings is 2. The maximum Gasteiger partial charge on any atom is 0.534 e. The van der Waals surface area contributed by atoms with E-state index >= 15 is 0 Å². The highest BCUT2D eigenvalue weighted by atomic mass is 32.2. The zero-order valence-electron chi connectivity index (χ0n) is 14.9. The van der Waals surface area contributed by atoms with Gasteiger partial charge in [-0.25, -0.2) is 8.78 Å². The molecule has 2 aromatic carbocycles. The van der Waals surface area contributed by atoms with Gasteiger partial charge in [0, 0.05) is 11.1 Å². The van der Waals surface area contributed by atoms with Gasteiger partial charge < -0.3 is 8.92 Å². The van der Waals surface area contributed by atoms with Crippen LogP contribution in [-0.2, 0) is 10.1 Å². The number of hydrogen-bond acceptors (Lipinski definition) is 4. The lowest BCUT2D eigenvalue weighted by Gasteiger charge is -2.16. The average molecular weight is 458 g/mol. The Morgan fingerprint density at radius 1 is 0.767 bits per heavy atom. The molecule has 0 amide bonds. The van der Waals surface area contributed by atoms with Gasteiger partial charge in [-0.2, -0.15) is 30.4 Å². The molecule has 0 aliphatic heterocycles. The Bertz CT molecular complexity index is 1060. The van der Waals surface area contributed by atoms with Crippen LogP contribution in [0.1, 0.15) is 25.7 Å². The van der Waals surface area contributed by atoms with E-state index in [0.717, 1.165) is 25.0 Å². The van der Waals surface area contributed by atoms with E-state index in [9.17, 15) is 39.2 Å². The number of hydrogen-bond donors (Lipinski definition) is 0. The van der Waals surface area contributed by atoms with Crippen LogP contribution in [0.25, 0.3) is 11.1 Å². The zero-order chi connectivity index (χ0) is 22.3. The maximum absolute atomic E-state index is 14.4. The highest BCUT2D eigenvalue weighted by Crippen LogP contribution is 2.37. The fourth-order valence-corrected chi connectivity index (χ4v) is 3.45. The third kappa shape index (κ3) is 4.18. The molecule has 0 heterocycles. The smallest absolute Gasteiger partial charge is 0.487 e. The first-order valence-electron chi connectivity index (χ1n) is 8.56. The monoisotopic (exact) mass is 458 g/mol. The summed E-state index contributed by atoms with van der Waals surface area (Å²) in [7, 11) is -6.26. The lowest BCUT2D eigenvalue weighted by Crippen LogP contribution is -2.28. The lowest BCUT2D eigenvalue weighted by molar-refractivity contribution is -0.0501. The molecule has 12 heteroatoms. The molecule has 0 N–H and O–H groups in total. The van der Waals surface area contributed by atoms with Crippen LogP contribution < -0.4 is 8.92 Å². The van der Waals surface area contributed by atoms with Crippen LogP contribution in [0, 0.1) is 23.3 Å². The molecule has 30 heavy (non-hydrogen) atoms. The molecule has 0 saturated heterocycles. The van der Waals surface area contributed by atoms with Gasteiger partial charge in [-0.1, -0.05) is 0 Å². The van der Waals surface area contributed by atoms with E-state index in [-0.39, 0.29) is 6.10 Å². The molecule has 0 unspecified atom stereocenters. The van der Waals surface area contributed by atoms with Crippen molar-refractivity contribution in [2.75, 3.05) is 0 Å². The molecule has 0 spiro atoms. The van der Waals surface area contributed by atoms with Gasteiger partial charge in [0.1, 0.15) is 0 Å². The predicted molar refractivity (Wildman–Crippen MR) is 90.2 cm³/mol. The fourth-order valence-electron chi connectivity index (χ4n) is 2.99. The second-order valence-electron chi connectivity index (χ2n) is 6.49. The average Bonchev–Trinajstić information content (AvgIpc) is 3.16. The Morgan fingerprint density at radius 3 is 1.73 bits per heavy atom.